The Bertz CT molecular complexity index is 370. The molecule has 0 saturated heterocycles. The second kappa shape index (κ2) is 10.2. The largest absolute Gasteiger partial charge is 0.415 e. The zero-order valence-electron chi connectivity index (χ0n) is 19.9. The fraction of sp³-hybridized carbons (Fsp3) is 1.00. The van der Waals surface area contributed by atoms with Gasteiger partial charge in [-0.05, 0) is 69.9 Å². The van der Waals surface area contributed by atoms with E-state index in [2.05, 4.69) is 92.0 Å². The predicted molar refractivity (Wildman–Crippen MR) is 121 cm³/mol. The van der Waals surface area contributed by atoms with E-state index in [1.54, 1.807) is 0 Å². The molecule has 0 saturated carbocycles. The molecule has 6 heteroatoms. The van der Waals surface area contributed by atoms with Crippen LogP contribution in [0.3, 0.4) is 0 Å². The van der Waals surface area contributed by atoms with Crippen molar-refractivity contribution in [2.75, 3.05) is 40.4 Å². The molecule has 0 aromatic heterocycles. The van der Waals surface area contributed by atoms with Crippen molar-refractivity contribution in [3.63, 3.8) is 0 Å². The van der Waals surface area contributed by atoms with Crippen LogP contribution in [0.4, 0.5) is 0 Å². The highest BCUT2D eigenvalue weighted by Gasteiger charge is 2.39. The molecule has 0 aromatic rings. The van der Waals surface area contributed by atoms with Crippen LogP contribution in [0.1, 0.15) is 48.0 Å². The lowest BCUT2D eigenvalue weighted by Crippen LogP contribution is -2.49. The molecule has 0 aliphatic heterocycles. The van der Waals surface area contributed by atoms with Gasteiger partial charge in [-0.1, -0.05) is 41.5 Å². The maximum Gasteiger partial charge on any atom is 0.192 e. The highest BCUT2D eigenvalue weighted by atomic mass is 28.4. The highest BCUT2D eigenvalue weighted by Crippen LogP contribution is 2.37. The van der Waals surface area contributed by atoms with Gasteiger partial charge in [-0.25, -0.2) is 0 Å². The maximum absolute atomic E-state index is 6.49. The van der Waals surface area contributed by atoms with Crippen LogP contribution >= 0.6 is 0 Å². The van der Waals surface area contributed by atoms with Crippen LogP contribution < -0.4 is 5.32 Å². The molecule has 26 heavy (non-hydrogen) atoms. The van der Waals surface area contributed by atoms with Gasteiger partial charge in [0.05, 0.1) is 19.3 Å². The Morgan fingerprint density at radius 3 is 1.50 bits per heavy atom. The van der Waals surface area contributed by atoms with Crippen LogP contribution in [-0.4, -0.2) is 68.0 Å². The minimum atomic E-state index is -1.74. The van der Waals surface area contributed by atoms with Crippen LogP contribution in [-0.2, 0) is 8.85 Å². The first-order valence-corrected chi connectivity index (χ1v) is 16.0. The lowest BCUT2D eigenvalue weighted by molar-refractivity contribution is 0.175. The van der Waals surface area contributed by atoms with Gasteiger partial charge in [0.25, 0.3) is 0 Å². The molecular formula is C20H48N2O2Si2. The topological polar surface area (TPSA) is 33.7 Å². The molecule has 0 aliphatic carbocycles. The van der Waals surface area contributed by atoms with Crippen molar-refractivity contribution in [3.05, 3.63) is 0 Å². The molecule has 0 radical (unpaired) electrons. The molecule has 0 fully saturated rings. The fourth-order valence-electron chi connectivity index (χ4n) is 1.92. The molecule has 0 aliphatic rings. The summed E-state index contributed by atoms with van der Waals surface area (Å²) >= 11 is 0. The van der Waals surface area contributed by atoms with Crippen molar-refractivity contribution in [1.29, 1.82) is 0 Å². The molecule has 0 bridgehead atoms. The van der Waals surface area contributed by atoms with E-state index in [1.807, 2.05) is 0 Å². The van der Waals surface area contributed by atoms with E-state index in [0.717, 1.165) is 32.7 Å². The fourth-order valence-corrected chi connectivity index (χ4v) is 4.02. The van der Waals surface area contributed by atoms with Crippen LogP contribution in [0, 0.1) is 0 Å². The van der Waals surface area contributed by atoms with Crippen LogP contribution in [0.15, 0.2) is 0 Å². The Labute approximate surface area is 166 Å². The van der Waals surface area contributed by atoms with Crippen LogP contribution in [0.25, 0.3) is 0 Å². The third-order valence-electron chi connectivity index (χ3n) is 6.12. The van der Waals surface area contributed by atoms with Crippen molar-refractivity contribution >= 4 is 16.6 Å². The number of nitrogens with zero attached hydrogens (tertiary/aromatic N) is 1. The first-order valence-electron chi connectivity index (χ1n) is 10.2. The van der Waals surface area contributed by atoms with Gasteiger partial charge < -0.3 is 19.1 Å². The molecule has 0 heterocycles. The molecule has 0 rings (SSSR count). The molecule has 0 spiro atoms. The summed E-state index contributed by atoms with van der Waals surface area (Å²) in [6, 6.07) is 0.264. The Hall–Kier alpha value is 0.274. The lowest BCUT2D eigenvalue weighted by Gasteiger charge is -2.39. The normalized spacial score (nSPS) is 14.5. The lowest BCUT2D eigenvalue weighted by atomic mass is 10.2. The van der Waals surface area contributed by atoms with E-state index in [4.69, 9.17) is 8.85 Å². The minimum absolute atomic E-state index is 0.239. The molecule has 0 unspecified atom stereocenters. The molecule has 0 amide bonds. The van der Waals surface area contributed by atoms with Crippen molar-refractivity contribution in [2.24, 2.45) is 0 Å². The van der Waals surface area contributed by atoms with Gasteiger partial charge in [0.1, 0.15) is 0 Å². The second-order valence-corrected chi connectivity index (χ2v) is 20.6. The van der Waals surface area contributed by atoms with Gasteiger partial charge in [0.2, 0.25) is 0 Å². The third-order valence-corrected chi connectivity index (χ3v) is 15.1. The van der Waals surface area contributed by atoms with Gasteiger partial charge in [-0.15, -0.1) is 0 Å². The summed E-state index contributed by atoms with van der Waals surface area (Å²) in [7, 11) is 0.773. The summed E-state index contributed by atoms with van der Waals surface area (Å²) in [5, 5.41) is 4.17. The SMILES string of the molecule is CN(C)CCCNC(CO[Si](C)(C)C(C)(C)C)CO[Si](C)(C)C(C)(C)C. The Morgan fingerprint density at radius 1 is 0.808 bits per heavy atom. The summed E-state index contributed by atoms with van der Waals surface area (Å²) in [4.78, 5) is 2.23. The van der Waals surface area contributed by atoms with Crippen LogP contribution in [0.5, 0.6) is 0 Å². The molecule has 4 nitrogen and oxygen atoms in total. The second-order valence-electron chi connectivity index (χ2n) is 11.0. The quantitative estimate of drug-likeness (QED) is 0.390. The Kier molecular flexibility index (Phi) is 10.3. The molecule has 0 aromatic carbocycles. The third kappa shape index (κ3) is 9.46. The summed E-state index contributed by atoms with van der Waals surface area (Å²) < 4.78 is 13.0. The summed E-state index contributed by atoms with van der Waals surface area (Å²) in [6.07, 6.45) is 1.14. The van der Waals surface area contributed by atoms with Crippen molar-refractivity contribution in [1.82, 2.24) is 10.2 Å². The van der Waals surface area contributed by atoms with Gasteiger partial charge >= 0.3 is 0 Å². The van der Waals surface area contributed by atoms with E-state index in [-0.39, 0.29) is 16.1 Å². The van der Waals surface area contributed by atoms with E-state index < -0.39 is 16.6 Å². The van der Waals surface area contributed by atoms with Crippen molar-refractivity contribution < 1.29 is 8.85 Å². The van der Waals surface area contributed by atoms with E-state index in [1.165, 1.54) is 0 Å². The maximum atomic E-state index is 6.49. The minimum Gasteiger partial charge on any atom is -0.415 e. The van der Waals surface area contributed by atoms with E-state index in [9.17, 15) is 0 Å². The zero-order valence-corrected chi connectivity index (χ0v) is 21.9. The standard InChI is InChI=1S/C20H48N2O2Si2/c1-19(2,3)25(9,10)23-16-18(21-14-13-15-22(7)8)17-24-26(11,12)20(4,5)6/h18,21H,13-17H2,1-12H3. The number of hydrogen-bond donors (Lipinski definition) is 1. The first-order chi connectivity index (χ1) is 11.5. The van der Waals surface area contributed by atoms with Gasteiger partial charge in [-0.2, -0.15) is 0 Å². The predicted octanol–water partition coefficient (Wildman–Crippen LogP) is 4.94. The number of rotatable bonds is 11. The summed E-state index contributed by atoms with van der Waals surface area (Å²) in [5.74, 6) is 0. The summed E-state index contributed by atoms with van der Waals surface area (Å²) in [6.45, 7) is 26.7. The Morgan fingerprint density at radius 2 is 1.19 bits per heavy atom. The van der Waals surface area contributed by atoms with Crippen molar-refractivity contribution in [3.8, 4) is 0 Å². The number of hydrogen-bond acceptors (Lipinski definition) is 4. The van der Waals surface area contributed by atoms with Crippen molar-refractivity contribution in [2.45, 2.75) is 90.3 Å². The molecule has 158 valence electrons. The van der Waals surface area contributed by atoms with Crippen LogP contribution in [0.2, 0.25) is 36.3 Å². The van der Waals surface area contributed by atoms with Gasteiger partial charge in [0, 0.05) is 0 Å². The monoisotopic (exact) mass is 404 g/mol. The van der Waals surface area contributed by atoms with E-state index >= 15 is 0 Å². The smallest absolute Gasteiger partial charge is 0.192 e. The average Bonchev–Trinajstić information content (AvgIpc) is 2.42. The first kappa shape index (κ1) is 26.3. The number of nitrogens with one attached hydrogen (secondary N) is 1. The average molecular weight is 405 g/mol. The zero-order chi connectivity index (χ0) is 20.8. The van der Waals surface area contributed by atoms with E-state index in [0.29, 0.717) is 0 Å². The van der Waals surface area contributed by atoms with Gasteiger partial charge in [0.15, 0.2) is 16.6 Å². The highest BCUT2D eigenvalue weighted by molar-refractivity contribution is 6.74. The van der Waals surface area contributed by atoms with Gasteiger partial charge in [-0.3, -0.25) is 0 Å². The Balaban J connectivity index is 4.80. The molecule has 0 atom stereocenters. The summed E-state index contributed by atoms with van der Waals surface area (Å²) in [5.41, 5.74) is 0. The molecule has 1 N–H and O–H groups in total. The molecular weight excluding hydrogens is 356 g/mol.